The molecule has 0 aromatic rings. The van der Waals surface area contributed by atoms with Gasteiger partial charge >= 0.3 is 0 Å². The van der Waals surface area contributed by atoms with E-state index >= 15 is 0 Å². The maximum atomic E-state index is 11.5. The maximum absolute atomic E-state index is 11.5. The molecular weight excluding hydrogens is 234 g/mol. The van der Waals surface area contributed by atoms with Gasteiger partial charge in [0, 0.05) is 46.7 Å². The van der Waals surface area contributed by atoms with Crippen LogP contribution in [0.3, 0.4) is 0 Å². The lowest BCUT2D eigenvalue weighted by atomic mass is 10.3. The van der Waals surface area contributed by atoms with Crippen LogP contribution in [0.5, 0.6) is 0 Å². The molecule has 0 aromatic heterocycles. The van der Waals surface area contributed by atoms with Gasteiger partial charge in [-0.2, -0.15) is 5.26 Å². The van der Waals surface area contributed by atoms with Crippen molar-refractivity contribution < 1.29 is 14.3 Å². The molecule has 6 heteroatoms. The van der Waals surface area contributed by atoms with Crippen molar-refractivity contribution in [2.24, 2.45) is 0 Å². The number of ether oxygens (including phenoxy) is 2. The average Bonchev–Trinajstić information content (AvgIpc) is 2.39. The molecule has 0 radical (unpaired) electrons. The predicted octanol–water partition coefficient (Wildman–Crippen LogP) is 0.173. The van der Waals surface area contributed by atoms with Crippen LogP contribution in [0.25, 0.3) is 0 Å². The summed E-state index contributed by atoms with van der Waals surface area (Å²) in [7, 11) is 3.23. The highest BCUT2D eigenvalue weighted by molar-refractivity contribution is 5.97. The van der Waals surface area contributed by atoms with E-state index in [1.54, 1.807) is 14.2 Å². The minimum Gasteiger partial charge on any atom is -0.390 e. The van der Waals surface area contributed by atoms with E-state index in [-0.39, 0.29) is 11.5 Å². The van der Waals surface area contributed by atoms with Crippen molar-refractivity contribution in [2.45, 2.75) is 12.8 Å². The minimum atomic E-state index is -0.368. The van der Waals surface area contributed by atoms with Crippen LogP contribution in [-0.2, 0) is 14.3 Å². The van der Waals surface area contributed by atoms with Gasteiger partial charge in [-0.15, -0.1) is 0 Å². The molecule has 1 amide bonds. The van der Waals surface area contributed by atoms with Crippen molar-refractivity contribution in [3.63, 3.8) is 0 Å². The summed E-state index contributed by atoms with van der Waals surface area (Å²) in [5.74, 6) is -0.368. The summed E-state index contributed by atoms with van der Waals surface area (Å²) in [6.45, 7) is 2.39. The van der Waals surface area contributed by atoms with Crippen molar-refractivity contribution in [3.05, 3.63) is 11.8 Å². The molecule has 0 fully saturated rings. The van der Waals surface area contributed by atoms with Gasteiger partial charge in [0.15, 0.2) is 0 Å². The number of amides is 1. The molecule has 0 aliphatic heterocycles. The zero-order valence-corrected chi connectivity index (χ0v) is 11.0. The molecular formula is C12H21N3O3. The lowest BCUT2D eigenvalue weighted by Gasteiger charge is -2.04. The number of rotatable bonds is 10. The van der Waals surface area contributed by atoms with Crippen LogP contribution >= 0.6 is 0 Å². The van der Waals surface area contributed by atoms with Crippen molar-refractivity contribution in [3.8, 4) is 6.07 Å². The topological polar surface area (TPSA) is 83.4 Å². The third-order valence-electron chi connectivity index (χ3n) is 2.09. The van der Waals surface area contributed by atoms with Gasteiger partial charge in [0.25, 0.3) is 5.91 Å². The number of carbonyl (C=O) groups excluding carboxylic acids is 1. The molecule has 0 rings (SSSR count). The second-order valence-electron chi connectivity index (χ2n) is 3.57. The number of carbonyl (C=O) groups is 1. The molecule has 0 bridgehead atoms. The lowest BCUT2D eigenvalue weighted by Crippen LogP contribution is -2.27. The Morgan fingerprint density at radius 1 is 1.22 bits per heavy atom. The van der Waals surface area contributed by atoms with Gasteiger partial charge in [0.05, 0.1) is 0 Å². The Kier molecular flexibility index (Phi) is 10.8. The molecule has 2 N–H and O–H groups in total. The fourth-order valence-corrected chi connectivity index (χ4v) is 1.16. The summed E-state index contributed by atoms with van der Waals surface area (Å²) in [5, 5.41) is 14.4. The molecule has 0 unspecified atom stereocenters. The molecule has 0 aliphatic carbocycles. The fourth-order valence-electron chi connectivity index (χ4n) is 1.16. The quantitative estimate of drug-likeness (QED) is 0.330. The average molecular weight is 255 g/mol. The third kappa shape index (κ3) is 8.56. The number of nitrogens with one attached hydrogen (secondary N) is 2. The van der Waals surface area contributed by atoms with Gasteiger partial charge in [-0.1, -0.05) is 0 Å². The van der Waals surface area contributed by atoms with Crippen LogP contribution in [-0.4, -0.2) is 46.4 Å². The first-order chi connectivity index (χ1) is 8.76. The molecule has 0 heterocycles. The Hall–Kier alpha value is -1.58. The van der Waals surface area contributed by atoms with Crippen LogP contribution in [0, 0.1) is 11.3 Å². The Morgan fingerprint density at radius 3 is 2.39 bits per heavy atom. The van der Waals surface area contributed by atoms with Gasteiger partial charge in [-0.3, -0.25) is 4.79 Å². The first-order valence-electron chi connectivity index (χ1n) is 5.86. The van der Waals surface area contributed by atoms with E-state index in [4.69, 9.17) is 14.7 Å². The summed E-state index contributed by atoms with van der Waals surface area (Å²) in [6.07, 6.45) is 2.98. The summed E-state index contributed by atoms with van der Waals surface area (Å²) in [5.41, 5.74) is 0.0739. The predicted molar refractivity (Wildman–Crippen MR) is 67.7 cm³/mol. The molecule has 0 atom stereocenters. The fraction of sp³-hybridized carbons (Fsp3) is 0.667. The van der Waals surface area contributed by atoms with E-state index in [9.17, 15) is 4.79 Å². The zero-order valence-electron chi connectivity index (χ0n) is 11.0. The highest BCUT2D eigenvalue weighted by Gasteiger charge is 2.07. The first kappa shape index (κ1) is 16.4. The smallest absolute Gasteiger partial charge is 0.263 e. The third-order valence-corrected chi connectivity index (χ3v) is 2.09. The van der Waals surface area contributed by atoms with E-state index in [0.717, 1.165) is 12.8 Å². The molecule has 0 saturated heterocycles. The summed E-state index contributed by atoms with van der Waals surface area (Å²) < 4.78 is 9.74. The SMILES string of the molecule is COCCCN/C=C(/C#N)C(=O)NCCCOC. The molecule has 0 aliphatic rings. The molecule has 0 spiro atoms. The summed E-state index contributed by atoms with van der Waals surface area (Å²) in [6, 6.07) is 1.86. The van der Waals surface area contributed by atoms with Crippen molar-refractivity contribution in [1.82, 2.24) is 10.6 Å². The standard InChI is InChI=1S/C12H21N3O3/c1-17-7-3-5-14-10-11(9-13)12(16)15-6-4-8-18-2/h10,14H,3-8H2,1-2H3,(H,15,16)/b11-10-. The number of hydrogen-bond acceptors (Lipinski definition) is 5. The maximum Gasteiger partial charge on any atom is 0.263 e. The van der Waals surface area contributed by atoms with E-state index in [0.29, 0.717) is 26.3 Å². The minimum absolute atomic E-state index is 0.0739. The highest BCUT2D eigenvalue weighted by Crippen LogP contribution is 1.91. The van der Waals surface area contributed by atoms with E-state index in [1.807, 2.05) is 6.07 Å². The molecule has 18 heavy (non-hydrogen) atoms. The van der Waals surface area contributed by atoms with Crippen LogP contribution in [0.4, 0.5) is 0 Å². The Balaban J connectivity index is 3.88. The zero-order chi connectivity index (χ0) is 13.6. The Labute approximate surface area is 108 Å². The Morgan fingerprint density at radius 2 is 1.83 bits per heavy atom. The molecule has 0 saturated carbocycles. The molecule has 0 aromatic carbocycles. The van der Waals surface area contributed by atoms with Gasteiger partial charge in [-0.25, -0.2) is 0 Å². The van der Waals surface area contributed by atoms with Crippen molar-refractivity contribution in [2.75, 3.05) is 40.5 Å². The normalized spacial score (nSPS) is 10.8. The Bertz CT molecular complexity index is 297. The number of nitriles is 1. The number of methoxy groups -OCH3 is 2. The first-order valence-corrected chi connectivity index (χ1v) is 5.86. The van der Waals surface area contributed by atoms with Crippen molar-refractivity contribution >= 4 is 5.91 Å². The summed E-state index contributed by atoms with van der Waals surface area (Å²) >= 11 is 0. The van der Waals surface area contributed by atoms with Gasteiger partial charge in [0.1, 0.15) is 11.6 Å². The van der Waals surface area contributed by atoms with Gasteiger partial charge in [0.2, 0.25) is 0 Å². The van der Waals surface area contributed by atoms with Crippen LogP contribution in [0.1, 0.15) is 12.8 Å². The van der Waals surface area contributed by atoms with Crippen LogP contribution in [0.15, 0.2) is 11.8 Å². The van der Waals surface area contributed by atoms with E-state index in [1.165, 1.54) is 6.20 Å². The number of hydrogen-bond donors (Lipinski definition) is 2. The van der Waals surface area contributed by atoms with E-state index < -0.39 is 0 Å². The van der Waals surface area contributed by atoms with Gasteiger partial charge < -0.3 is 20.1 Å². The summed E-state index contributed by atoms with van der Waals surface area (Å²) in [4.78, 5) is 11.5. The molecule has 6 nitrogen and oxygen atoms in total. The molecule has 102 valence electrons. The second-order valence-corrected chi connectivity index (χ2v) is 3.57. The number of nitrogens with zero attached hydrogens (tertiary/aromatic N) is 1. The highest BCUT2D eigenvalue weighted by atomic mass is 16.5. The lowest BCUT2D eigenvalue weighted by molar-refractivity contribution is -0.117. The van der Waals surface area contributed by atoms with Crippen LogP contribution < -0.4 is 10.6 Å². The van der Waals surface area contributed by atoms with Crippen LogP contribution in [0.2, 0.25) is 0 Å². The largest absolute Gasteiger partial charge is 0.390 e. The second kappa shape index (κ2) is 11.9. The van der Waals surface area contributed by atoms with Gasteiger partial charge in [-0.05, 0) is 12.8 Å². The van der Waals surface area contributed by atoms with Crippen molar-refractivity contribution in [1.29, 1.82) is 5.26 Å². The monoisotopic (exact) mass is 255 g/mol. The van der Waals surface area contributed by atoms with E-state index in [2.05, 4.69) is 10.6 Å².